The maximum absolute atomic E-state index is 12.4. The van der Waals surface area contributed by atoms with Crippen LogP contribution < -0.4 is 20.9 Å². The van der Waals surface area contributed by atoms with Gasteiger partial charge in [0.2, 0.25) is 0 Å². The molecule has 0 saturated carbocycles. The zero-order valence-corrected chi connectivity index (χ0v) is 15.7. The monoisotopic (exact) mass is 373 g/mol. The standard InChI is InChI=1S/C19H23N3O3S/c1-12-3-8-15-16(11-26-17(15)9-12)19(24)22-21-18(23)10-20-13-4-6-14(25-2)7-5-13/h4-7,11-12,20H,3,8-10H2,1-2H3,(H,21,23)(H,22,24). The molecule has 1 aromatic heterocycles. The van der Waals surface area contributed by atoms with Crippen molar-refractivity contribution in [2.75, 3.05) is 19.0 Å². The largest absolute Gasteiger partial charge is 0.497 e. The average molecular weight is 373 g/mol. The predicted molar refractivity (Wildman–Crippen MR) is 103 cm³/mol. The van der Waals surface area contributed by atoms with Gasteiger partial charge in [0.25, 0.3) is 11.8 Å². The van der Waals surface area contributed by atoms with Crippen molar-refractivity contribution in [3.8, 4) is 5.75 Å². The molecule has 1 atom stereocenters. The highest BCUT2D eigenvalue weighted by Crippen LogP contribution is 2.32. The van der Waals surface area contributed by atoms with Crippen LogP contribution in [0.25, 0.3) is 0 Å². The normalized spacial score (nSPS) is 15.7. The SMILES string of the molecule is COc1ccc(NCC(=O)NNC(=O)c2csc3c2CCC(C)C3)cc1. The number of nitrogens with one attached hydrogen (secondary N) is 3. The summed E-state index contributed by atoms with van der Waals surface area (Å²) in [6.45, 7) is 2.30. The predicted octanol–water partition coefficient (Wildman–Crippen LogP) is 2.75. The van der Waals surface area contributed by atoms with E-state index >= 15 is 0 Å². The Hall–Kier alpha value is -2.54. The molecule has 1 aromatic carbocycles. The third-order valence-corrected chi connectivity index (χ3v) is 5.56. The molecular weight excluding hydrogens is 350 g/mol. The molecule has 2 aromatic rings. The lowest BCUT2D eigenvalue weighted by molar-refractivity contribution is -0.120. The van der Waals surface area contributed by atoms with Crippen molar-refractivity contribution in [2.45, 2.75) is 26.2 Å². The van der Waals surface area contributed by atoms with E-state index in [1.807, 2.05) is 29.6 Å². The average Bonchev–Trinajstić information content (AvgIpc) is 3.07. The van der Waals surface area contributed by atoms with Crippen LogP contribution in [0.1, 0.15) is 34.1 Å². The third kappa shape index (κ3) is 4.35. The summed E-state index contributed by atoms with van der Waals surface area (Å²) in [6.07, 6.45) is 3.06. The van der Waals surface area contributed by atoms with Crippen LogP contribution in [0.4, 0.5) is 5.69 Å². The van der Waals surface area contributed by atoms with Crippen molar-refractivity contribution in [3.63, 3.8) is 0 Å². The Morgan fingerprint density at radius 1 is 1.23 bits per heavy atom. The van der Waals surface area contributed by atoms with Crippen molar-refractivity contribution >= 4 is 28.8 Å². The molecule has 0 bridgehead atoms. The number of hydrogen-bond acceptors (Lipinski definition) is 5. The maximum Gasteiger partial charge on any atom is 0.270 e. The van der Waals surface area contributed by atoms with Gasteiger partial charge in [-0.15, -0.1) is 11.3 Å². The molecule has 0 aliphatic heterocycles. The van der Waals surface area contributed by atoms with E-state index in [0.29, 0.717) is 11.5 Å². The van der Waals surface area contributed by atoms with Gasteiger partial charge in [0.15, 0.2) is 0 Å². The second-order valence-corrected chi connectivity index (χ2v) is 7.45. The Labute approximate surface area is 156 Å². The number of ether oxygens (including phenoxy) is 1. The number of fused-ring (bicyclic) bond motifs is 1. The first-order chi connectivity index (χ1) is 12.6. The first kappa shape index (κ1) is 18.3. The maximum atomic E-state index is 12.4. The fourth-order valence-corrected chi connectivity index (χ4v) is 4.24. The number of rotatable bonds is 5. The van der Waals surface area contributed by atoms with Gasteiger partial charge in [-0.05, 0) is 55.0 Å². The van der Waals surface area contributed by atoms with Crippen molar-refractivity contribution in [2.24, 2.45) is 5.92 Å². The Balaban J connectivity index is 1.47. The summed E-state index contributed by atoms with van der Waals surface area (Å²) < 4.78 is 5.09. The first-order valence-electron chi connectivity index (χ1n) is 8.63. The van der Waals surface area contributed by atoms with E-state index in [4.69, 9.17) is 4.74 Å². The van der Waals surface area contributed by atoms with Crippen LogP contribution in [0.5, 0.6) is 5.75 Å². The van der Waals surface area contributed by atoms with Crippen LogP contribution >= 0.6 is 11.3 Å². The smallest absolute Gasteiger partial charge is 0.270 e. The van der Waals surface area contributed by atoms with E-state index in [0.717, 1.165) is 36.3 Å². The molecule has 138 valence electrons. The zero-order chi connectivity index (χ0) is 18.5. The third-order valence-electron chi connectivity index (χ3n) is 4.50. The van der Waals surface area contributed by atoms with Gasteiger partial charge in [-0.25, -0.2) is 0 Å². The van der Waals surface area contributed by atoms with E-state index < -0.39 is 0 Å². The lowest BCUT2D eigenvalue weighted by Gasteiger charge is -2.18. The van der Waals surface area contributed by atoms with Crippen LogP contribution in [-0.2, 0) is 17.6 Å². The number of thiophene rings is 1. The fourth-order valence-electron chi connectivity index (χ4n) is 3.00. The second-order valence-electron chi connectivity index (χ2n) is 6.48. The summed E-state index contributed by atoms with van der Waals surface area (Å²) in [6, 6.07) is 7.26. The minimum Gasteiger partial charge on any atom is -0.497 e. The van der Waals surface area contributed by atoms with Gasteiger partial charge in [-0.3, -0.25) is 20.4 Å². The molecule has 2 amide bonds. The summed E-state index contributed by atoms with van der Waals surface area (Å²) >= 11 is 1.63. The van der Waals surface area contributed by atoms with Gasteiger partial charge in [0, 0.05) is 15.9 Å². The van der Waals surface area contributed by atoms with Gasteiger partial charge in [0.1, 0.15) is 5.75 Å². The number of methoxy groups -OCH3 is 1. The molecular formula is C19H23N3O3S. The van der Waals surface area contributed by atoms with Gasteiger partial charge >= 0.3 is 0 Å². The molecule has 7 heteroatoms. The van der Waals surface area contributed by atoms with E-state index in [9.17, 15) is 9.59 Å². The summed E-state index contributed by atoms with van der Waals surface area (Å²) in [5.74, 6) is 0.850. The Morgan fingerprint density at radius 3 is 2.73 bits per heavy atom. The topological polar surface area (TPSA) is 79.5 Å². The van der Waals surface area contributed by atoms with E-state index in [1.165, 1.54) is 4.88 Å². The van der Waals surface area contributed by atoms with Gasteiger partial charge in [-0.1, -0.05) is 6.92 Å². The Kier molecular flexibility index (Phi) is 5.78. The molecule has 1 aliphatic carbocycles. The van der Waals surface area contributed by atoms with Crippen LogP contribution in [-0.4, -0.2) is 25.5 Å². The lowest BCUT2D eigenvalue weighted by atomic mass is 9.88. The molecule has 3 rings (SSSR count). The summed E-state index contributed by atoms with van der Waals surface area (Å²) in [4.78, 5) is 25.6. The summed E-state index contributed by atoms with van der Waals surface area (Å²) in [5.41, 5.74) is 7.58. The molecule has 3 N–H and O–H groups in total. The number of hydrogen-bond donors (Lipinski definition) is 3. The van der Waals surface area contributed by atoms with Gasteiger partial charge < -0.3 is 10.1 Å². The van der Waals surface area contributed by atoms with Gasteiger partial charge in [0.05, 0.1) is 19.2 Å². The molecule has 0 saturated heterocycles. The minimum absolute atomic E-state index is 0.0614. The first-order valence-corrected chi connectivity index (χ1v) is 9.51. The zero-order valence-electron chi connectivity index (χ0n) is 14.9. The molecule has 1 unspecified atom stereocenters. The molecule has 26 heavy (non-hydrogen) atoms. The van der Waals surface area contributed by atoms with Crippen molar-refractivity contribution in [1.29, 1.82) is 0 Å². The molecule has 1 aliphatic rings. The van der Waals surface area contributed by atoms with Gasteiger partial charge in [-0.2, -0.15) is 0 Å². The van der Waals surface area contributed by atoms with Crippen LogP contribution in [0.3, 0.4) is 0 Å². The highest BCUT2D eigenvalue weighted by Gasteiger charge is 2.23. The minimum atomic E-state index is -0.313. The summed E-state index contributed by atoms with van der Waals surface area (Å²) in [5, 5.41) is 4.88. The van der Waals surface area contributed by atoms with E-state index in [2.05, 4.69) is 23.1 Å². The molecule has 0 radical (unpaired) electrons. The van der Waals surface area contributed by atoms with Crippen molar-refractivity contribution in [3.05, 3.63) is 45.6 Å². The van der Waals surface area contributed by atoms with Crippen molar-refractivity contribution < 1.29 is 14.3 Å². The summed E-state index contributed by atoms with van der Waals surface area (Å²) in [7, 11) is 1.60. The van der Waals surface area contributed by atoms with Crippen LogP contribution in [0, 0.1) is 5.92 Å². The lowest BCUT2D eigenvalue weighted by Crippen LogP contribution is -2.44. The van der Waals surface area contributed by atoms with Crippen LogP contribution in [0.15, 0.2) is 29.6 Å². The number of anilines is 1. The number of carbonyl (C=O) groups is 2. The van der Waals surface area contributed by atoms with Crippen LogP contribution in [0.2, 0.25) is 0 Å². The van der Waals surface area contributed by atoms with E-state index in [-0.39, 0.29) is 18.4 Å². The van der Waals surface area contributed by atoms with E-state index in [1.54, 1.807) is 18.4 Å². The number of amides is 2. The molecule has 0 spiro atoms. The Bertz CT molecular complexity index is 786. The Morgan fingerprint density at radius 2 is 2.00 bits per heavy atom. The number of benzene rings is 1. The highest BCUT2D eigenvalue weighted by molar-refractivity contribution is 7.10. The quantitative estimate of drug-likeness (QED) is 0.704. The number of carbonyl (C=O) groups excluding carboxylic acids is 2. The molecule has 0 fully saturated rings. The van der Waals surface area contributed by atoms with Crippen molar-refractivity contribution in [1.82, 2.24) is 10.9 Å². The number of hydrazine groups is 1. The molecule has 6 nitrogen and oxygen atoms in total. The highest BCUT2D eigenvalue weighted by atomic mass is 32.1. The fraction of sp³-hybridized carbons (Fsp3) is 0.368. The molecule has 1 heterocycles. The second kappa shape index (κ2) is 8.23.